The summed E-state index contributed by atoms with van der Waals surface area (Å²) in [5.41, 5.74) is 7.28. The van der Waals surface area contributed by atoms with Gasteiger partial charge in [0.15, 0.2) is 0 Å². The van der Waals surface area contributed by atoms with Crippen LogP contribution in [0.25, 0.3) is 0 Å². The van der Waals surface area contributed by atoms with Crippen molar-refractivity contribution in [2.24, 2.45) is 4.99 Å². The van der Waals surface area contributed by atoms with Crippen LogP contribution in [0, 0.1) is 0 Å². The molecule has 0 bridgehead atoms. The normalized spacial score (nSPS) is 12.0. The highest BCUT2D eigenvalue weighted by Gasteiger charge is 2.16. The van der Waals surface area contributed by atoms with Gasteiger partial charge in [-0.05, 0) is 28.5 Å². The number of hydrogen-bond donors (Lipinski definition) is 0. The van der Waals surface area contributed by atoms with Gasteiger partial charge in [-0.15, -0.1) is 0 Å². The Labute approximate surface area is 198 Å². The number of para-hydroxylation sites is 1. The summed E-state index contributed by atoms with van der Waals surface area (Å²) in [6.45, 7) is 10.6. The van der Waals surface area contributed by atoms with Gasteiger partial charge in [0, 0.05) is 5.56 Å². The van der Waals surface area contributed by atoms with Gasteiger partial charge < -0.3 is 0 Å². The van der Waals surface area contributed by atoms with Crippen molar-refractivity contribution < 1.29 is 4.57 Å². The Morgan fingerprint density at radius 2 is 1.39 bits per heavy atom. The lowest BCUT2D eigenvalue weighted by atomic mass is 9.92. The fourth-order valence-corrected chi connectivity index (χ4v) is 4.19. The Bertz CT molecular complexity index is 1180. The molecule has 4 aromatic rings. The van der Waals surface area contributed by atoms with Gasteiger partial charge in [0.2, 0.25) is 6.33 Å². The van der Waals surface area contributed by atoms with E-state index in [0.29, 0.717) is 11.8 Å². The van der Waals surface area contributed by atoms with E-state index < -0.39 is 0 Å². The molecule has 0 spiro atoms. The monoisotopic (exact) mass is 436 g/mol. The molecule has 0 aliphatic heterocycles. The third-order valence-corrected chi connectivity index (χ3v) is 5.98. The number of aliphatic imine (C=N–C) groups is 1. The molecule has 0 aliphatic carbocycles. The van der Waals surface area contributed by atoms with Crippen LogP contribution in [-0.4, -0.2) is 10.3 Å². The first-order chi connectivity index (χ1) is 16.0. The van der Waals surface area contributed by atoms with Gasteiger partial charge in [-0.25, -0.2) is 14.1 Å². The summed E-state index contributed by atoms with van der Waals surface area (Å²) in [6, 6.07) is 27.7. The minimum Gasteiger partial charge on any atom is -0.248 e. The quantitative estimate of drug-likeness (QED) is 0.212. The minimum absolute atomic E-state index is 0.416. The average molecular weight is 437 g/mol. The van der Waals surface area contributed by atoms with Gasteiger partial charge in [-0.1, -0.05) is 107 Å². The molecule has 0 N–H and O–H groups in total. The summed E-state index contributed by atoms with van der Waals surface area (Å²) in [5, 5.41) is 0. The Balaban J connectivity index is 1.72. The Kier molecular flexibility index (Phi) is 7.19. The topological polar surface area (TPSA) is 21.2 Å². The smallest absolute Gasteiger partial charge is 0.244 e. The van der Waals surface area contributed by atoms with E-state index >= 15 is 0 Å². The lowest BCUT2D eigenvalue weighted by molar-refractivity contribution is -0.687. The average Bonchev–Trinajstić information content (AvgIpc) is 3.26. The van der Waals surface area contributed by atoms with E-state index in [1.54, 1.807) is 0 Å². The zero-order chi connectivity index (χ0) is 23.2. The van der Waals surface area contributed by atoms with E-state index in [4.69, 9.17) is 4.99 Å². The molecule has 0 amide bonds. The highest BCUT2D eigenvalue weighted by Crippen LogP contribution is 2.35. The summed E-state index contributed by atoms with van der Waals surface area (Å²) in [4.78, 5) is 5.35. The van der Waals surface area contributed by atoms with E-state index in [2.05, 4.69) is 134 Å². The van der Waals surface area contributed by atoms with Crippen LogP contribution in [0.2, 0.25) is 0 Å². The van der Waals surface area contributed by atoms with E-state index in [0.717, 1.165) is 30.1 Å². The van der Waals surface area contributed by atoms with Crippen molar-refractivity contribution in [3.63, 3.8) is 0 Å². The Morgan fingerprint density at radius 1 is 0.788 bits per heavy atom. The van der Waals surface area contributed by atoms with Crippen molar-refractivity contribution >= 4 is 11.4 Å². The Morgan fingerprint density at radius 3 is 2.00 bits per heavy atom. The summed E-state index contributed by atoms with van der Waals surface area (Å²) in [7, 11) is 0. The molecule has 0 atom stereocenters. The molecule has 0 fully saturated rings. The van der Waals surface area contributed by atoms with Crippen LogP contribution < -0.4 is 4.57 Å². The van der Waals surface area contributed by atoms with Crippen LogP contribution in [0.5, 0.6) is 0 Å². The zero-order valence-corrected chi connectivity index (χ0v) is 20.1. The summed E-state index contributed by atoms with van der Waals surface area (Å²) < 4.78 is 4.45. The van der Waals surface area contributed by atoms with Crippen LogP contribution in [0.1, 0.15) is 61.8 Å². The van der Waals surface area contributed by atoms with Gasteiger partial charge >= 0.3 is 0 Å². The predicted octanol–water partition coefficient (Wildman–Crippen LogP) is 6.89. The van der Waals surface area contributed by atoms with E-state index in [-0.39, 0.29) is 0 Å². The molecule has 1 aromatic heterocycles. The molecule has 0 unspecified atom stereocenters. The number of rotatable bonds is 8. The van der Waals surface area contributed by atoms with Gasteiger partial charge in [0.05, 0.1) is 11.4 Å². The maximum Gasteiger partial charge on any atom is 0.244 e. The number of imidazole rings is 1. The molecular formula is C30H34N3+. The van der Waals surface area contributed by atoms with Crippen molar-refractivity contribution in [3.8, 4) is 0 Å². The van der Waals surface area contributed by atoms with Crippen molar-refractivity contribution in [3.05, 3.63) is 120 Å². The molecule has 0 saturated heterocycles. The van der Waals surface area contributed by atoms with Crippen molar-refractivity contribution in [2.45, 2.75) is 52.6 Å². The summed E-state index contributed by atoms with van der Waals surface area (Å²) in [6.07, 6.45) is 6.44. The van der Waals surface area contributed by atoms with Crippen molar-refractivity contribution in [1.29, 1.82) is 0 Å². The molecule has 0 radical (unpaired) electrons. The first-order valence-electron chi connectivity index (χ1n) is 11.9. The minimum atomic E-state index is 0.416. The van der Waals surface area contributed by atoms with E-state index in [1.165, 1.54) is 16.7 Å². The molecule has 3 aromatic carbocycles. The van der Waals surface area contributed by atoms with Crippen LogP contribution >= 0.6 is 0 Å². The predicted molar refractivity (Wildman–Crippen MR) is 137 cm³/mol. The largest absolute Gasteiger partial charge is 0.248 e. The van der Waals surface area contributed by atoms with Crippen LogP contribution in [0.4, 0.5) is 5.69 Å². The highest BCUT2D eigenvalue weighted by molar-refractivity contribution is 6.02. The number of nitrogens with zero attached hydrogens (tertiary/aromatic N) is 3. The molecule has 33 heavy (non-hydrogen) atoms. The van der Waals surface area contributed by atoms with Gasteiger partial charge in [-0.2, -0.15) is 0 Å². The fraction of sp³-hybridized carbons (Fsp3) is 0.267. The van der Waals surface area contributed by atoms with Crippen LogP contribution in [0.3, 0.4) is 0 Å². The SMILES string of the molecule is CC(C)c1cccc(C(C)C)c1N=C(Cn1cc[n+](Cc2ccccc2)c1)c1ccccc1. The van der Waals surface area contributed by atoms with E-state index in [1.807, 2.05) is 0 Å². The standard InChI is InChI=1S/C30H34N3/c1-23(2)27-16-11-17-28(24(3)4)30(27)31-29(26-14-9-6-10-15-26)21-33-19-18-32(22-33)20-25-12-7-5-8-13-25/h5-19,22-24H,20-21H2,1-4H3/q+1. The maximum absolute atomic E-state index is 5.35. The molecule has 1 heterocycles. The van der Waals surface area contributed by atoms with E-state index in [9.17, 15) is 0 Å². The van der Waals surface area contributed by atoms with Gasteiger partial charge in [0.25, 0.3) is 0 Å². The lowest BCUT2D eigenvalue weighted by Gasteiger charge is -2.17. The molecule has 0 aliphatic rings. The number of benzene rings is 3. The second-order valence-corrected chi connectivity index (χ2v) is 9.26. The molecule has 3 heteroatoms. The second kappa shape index (κ2) is 10.4. The first kappa shape index (κ1) is 22.7. The van der Waals surface area contributed by atoms with Crippen LogP contribution in [0.15, 0.2) is 103 Å². The molecule has 0 saturated carbocycles. The molecular weight excluding hydrogens is 402 g/mol. The third-order valence-electron chi connectivity index (χ3n) is 5.98. The maximum atomic E-state index is 5.35. The summed E-state index contributed by atoms with van der Waals surface area (Å²) >= 11 is 0. The third kappa shape index (κ3) is 5.67. The second-order valence-electron chi connectivity index (χ2n) is 9.26. The lowest BCUT2D eigenvalue weighted by Crippen LogP contribution is -2.31. The zero-order valence-electron chi connectivity index (χ0n) is 20.1. The van der Waals surface area contributed by atoms with Crippen LogP contribution in [-0.2, 0) is 13.1 Å². The van der Waals surface area contributed by atoms with Crippen molar-refractivity contribution in [2.75, 3.05) is 0 Å². The Hall–Kier alpha value is -3.46. The molecule has 4 rings (SSSR count). The number of aromatic nitrogens is 2. The fourth-order valence-electron chi connectivity index (χ4n) is 4.19. The van der Waals surface area contributed by atoms with Gasteiger partial charge in [-0.3, -0.25) is 0 Å². The van der Waals surface area contributed by atoms with Gasteiger partial charge in [0.1, 0.15) is 25.5 Å². The number of hydrogen-bond acceptors (Lipinski definition) is 1. The molecule has 3 nitrogen and oxygen atoms in total. The highest BCUT2D eigenvalue weighted by atomic mass is 15.1. The summed E-state index contributed by atoms with van der Waals surface area (Å²) in [5.74, 6) is 0.832. The molecule has 168 valence electrons. The van der Waals surface area contributed by atoms with Crippen molar-refractivity contribution in [1.82, 2.24) is 4.57 Å². The first-order valence-corrected chi connectivity index (χ1v) is 11.9.